The molecule has 0 fully saturated rings. The highest BCUT2D eigenvalue weighted by molar-refractivity contribution is 7.98. The molecule has 0 unspecified atom stereocenters. The Morgan fingerprint density at radius 2 is 1.43 bits per heavy atom. The van der Waals surface area contributed by atoms with E-state index in [2.05, 4.69) is 29.6 Å². The van der Waals surface area contributed by atoms with Gasteiger partial charge in [0.25, 0.3) is 0 Å². The Morgan fingerprint density at radius 3 is 2.00 bits per heavy atom. The number of nitrogens with one attached hydrogen (secondary N) is 1. The van der Waals surface area contributed by atoms with Crippen molar-refractivity contribution in [3.05, 3.63) is 107 Å². The van der Waals surface area contributed by atoms with Crippen LogP contribution in [0.25, 0.3) is 0 Å². The van der Waals surface area contributed by atoms with Crippen LogP contribution in [0.2, 0.25) is 5.02 Å². The first-order valence-electron chi connectivity index (χ1n) is 9.41. The van der Waals surface area contributed by atoms with Gasteiger partial charge in [0.05, 0.1) is 0 Å². The van der Waals surface area contributed by atoms with Crippen molar-refractivity contribution in [3.8, 4) is 0 Å². The van der Waals surface area contributed by atoms with Crippen molar-refractivity contribution in [1.29, 1.82) is 0 Å². The lowest BCUT2D eigenvalue weighted by molar-refractivity contribution is -0.121. The Balaban J connectivity index is 1.48. The first kappa shape index (κ1) is 20.5. The van der Waals surface area contributed by atoms with E-state index in [4.69, 9.17) is 11.6 Å². The zero-order valence-corrected chi connectivity index (χ0v) is 17.3. The average molecular weight is 410 g/mol. The van der Waals surface area contributed by atoms with Crippen LogP contribution in [-0.4, -0.2) is 18.2 Å². The summed E-state index contributed by atoms with van der Waals surface area (Å²) in [5, 5.41) is 3.82. The second-order valence-electron chi connectivity index (χ2n) is 6.61. The number of thioether (sulfide) groups is 1. The largest absolute Gasteiger partial charge is 0.355 e. The van der Waals surface area contributed by atoms with Gasteiger partial charge in [-0.3, -0.25) is 4.79 Å². The van der Waals surface area contributed by atoms with Crippen LogP contribution in [0.5, 0.6) is 0 Å². The first-order valence-corrected chi connectivity index (χ1v) is 10.9. The maximum Gasteiger partial charge on any atom is 0.220 e. The third kappa shape index (κ3) is 6.43. The fraction of sp³-hybridized carbons (Fsp3) is 0.208. The van der Waals surface area contributed by atoms with E-state index in [0.717, 1.165) is 16.5 Å². The molecule has 28 heavy (non-hydrogen) atoms. The standard InChI is InChI=1S/C24H24ClNOS/c25-22-13-11-19(12-14-22)18-28-16-15-26-24(27)17-23(20-7-3-1-4-8-20)21-9-5-2-6-10-21/h1-14,23H,15-18H2,(H,26,27). The smallest absolute Gasteiger partial charge is 0.220 e. The summed E-state index contributed by atoms with van der Waals surface area (Å²) in [6.07, 6.45) is 0.454. The Kier molecular flexibility index (Phi) is 8.01. The molecule has 0 aliphatic carbocycles. The van der Waals surface area contributed by atoms with Crippen LogP contribution in [0, 0.1) is 0 Å². The van der Waals surface area contributed by atoms with Crippen LogP contribution < -0.4 is 5.32 Å². The molecular weight excluding hydrogens is 386 g/mol. The number of benzene rings is 3. The number of hydrogen-bond acceptors (Lipinski definition) is 2. The van der Waals surface area contributed by atoms with E-state index in [-0.39, 0.29) is 11.8 Å². The third-order valence-electron chi connectivity index (χ3n) is 4.54. The second kappa shape index (κ2) is 10.9. The molecule has 0 heterocycles. The van der Waals surface area contributed by atoms with Gasteiger partial charge in [-0.05, 0) is 28.8 Å². The van der Waals surface area contributed by atoms with Gasteiger partial charge in [0.15, 0.2) is 0 Å². The van der Waals surface area contributed by atoms with Crippen LogP contribution in [-0.2, 0) is 10.5 Å². The minimum atomic E-state index is 0.0733. The molecule has 2 nitrogen and oxygen atoms in total. The van der Waals surface area contributed by atoms with E-state index in [9.17, 15) is 4.79 Å². The monoisotopic (exact) mass is 409 g/mol. The van der Waals surface area contributed by atoms with Crippen LogP contribution in [0.4, 0.5) is 0 Å². The molecule has 3 aromatic carbocycles. The lowest BCUT2D eigenvalue weighted by Gasteiger charge is -2.18. The lowest BCUT2D eigenvalue weighted by atomic mass is 9.88. The zero-order valence-electron chi connectivity index (χ0n) is 15.7. The summed E-state index contributed by atoms with van der Waals surface area (Å²) < 4.78 is 0. The Hall–Kier alpha value is -2.23. The summed E-state index contributed by atoms with van der Waals surface area (Å²) in [5.74, 6) is 1.97. The molecule has 0 spiro atoms. The summed E-state index contributed by atoms with van der Waals surface area (Å²) in [7, 11) is 0. The fourth-order valence-corrected chi connectivity index (χ4v) is 4.03. The lowest BCUT2D eigenvalue weighted by Crippen LogP contribution is -2.27. The molecule has 3 aromatic rings. The van der Waals surface area contributed by atoms with Gasteiger partial charge in [-0.25, -0.2) is 0 Å². The van der Waals surface area contributed by atoms with Crippen molar-refractivity contribution in [1.82, 2.24) is 5.32 Å². The maximum atomic E-state index is 12.5. The van der Waals surface area contributed by atoms with Gasteiger partial charge < -0.3 is 5.32 Å². The minimum Gasteiger partial charge on any atom is -0.355 e. The molecule has 1 N–H and O–H groups in total. The molecule has 0 aliphatic heterocycles. The van der Waals surface area contributed by atoms with Crippen molar-refractivity contribution in [3.63, 3.8) is 0 Å². The highest BCUT2D eigenvalue weighted by Gasteiger charge is 2.17. The number of amides is 1. The first-order chi connectivity index (χ1) is 13.7. The van der Waals surface area contributed by atoms with E-state index < -0.39 is 0 Å². The van der Waals surface area contributed by atoms with Gasteiger partial charge in [-0.1, -0.05) is 84.4 Å². The predicted octanol–water partition coefficient (Wildman–Crippen LogP) is 5.91. The summed E-state index contributed by atoms with van der Waals surface area (Å²) in [6, 6.07) is 28.4. The normalized spacial score (nSPS) is 10.8. The van der Waals surface area contributed by atoms with Gasteiger partial charge in [-0.2, -0.15) is 11.8 Å². The summed E-state index contributed by atoms with van der Waals surface area (Å²) in [6.45, 7) is 0.674. The molecular formula is C24H24ClNOS. The quantitative estimate of drug-likeness (QED) is 0.445. The number of rotatable bonds is 9. The number of halogens is 1. The zero-order chi connectivity index (χ0) is 19.6. The van der Waals surface area contributed by atoms with Crippen molar-refractivity contribution in [2.45, 2.75) is 18.1 Å². The third-order valence-corrected chi connectivity index (χ3v) is 5.83. The van der Waals surface area contributed by atoms with Crippen LogP contribution >= 0.6 is 23.4 Å². The van der Waals surface area contributed by atoms with Crippen LogP contribution in [0.1, 0.15) is 29.0 Å². The SMILES string of the molecule is O=C(CC(c1ccccc1)c1ccccc1)NCCSCc1ccc(Cl)cc1. The predicted molar refractivity (Wildman–Crippen MR) is 120 cm³/mol. The van der Waals surface area contributed by atoms with Crippen LogP contribution in [0.15, 0.2) is 84.9 Å². The fourth-order valence-electron chi connectivity index (χ4n) is 3.09. The molecule has 144 valence electrons. The van der Waals surface area contributed by atoms with Gasteiger partial charge in [0.2, 0.25) is 5.91 Å². The minimum absolute atomic E-state index is 0.0733. The number of hydrogen-bond donors (Lipinski definition) is 1. The molecule has 0 aliphatic rings. The Morgan fingerprint density at radius 1 is 0.857 bits per heavy atom. The van der Waals surface area contributed by atoms with Crippen molar-refractivity contribution < 1.29 is 4.79 Å². The van der Waals surface area contributed by atoms with E-state index in [1.165, 1.54) is 16.7 Å². The maximum absolute atomic E-state index is 12.5. The number of carbonyl (C=O) groups excluding carboxylic acids is 1. The number of carbonyl (C=O) groups is 1. The molecule has 3 rings (SSSR count). The van der Waals surface area contributed by atoms with Crippen molar-refractivity contribution in [2.75, 3.05) is 12.3 Å². The van der Waals surface area contributed by atoms with E-state index >= 15 is 0 Å². The highest BCUT2D eigenvalue weighted by atomic mass is 35.5. The van der Waals surface area contributed by atoms with Gasteiger partial charge in [-0.15, -0.1) is 0 Å². The molecule has 0 bridgehead atoms. The molecule has 0 saturated carbocycles. The van der Waals surface area contributed by atoms with Crippen LogP contribution in [0.3, 0.4) is 0 Å². The highest BCUT2D eigenvalue weighted by Crippen LogP contribution is 2.27. The summed E-state index contributed by atoms with van der Waals surface area (Å²) in [5.41, 5.74) is 3.58. The van der Waals surface area contributed by atoms with Crippen molar-refractivity contribution in [2.24, 2.45) is 0 Å². The molecule has 0 radical (unpaired) electrons. The van der Waals surface area contributed by atoms with E-state index in [0.29, 0.717) is 13.0 Å². The molecule has 1 amide bonds. The van der Waals surface area contributed by atoms with Gasteiger partial charge >= 0.3 is 0 Å². The van der Waals surface area contributed by atoms with Gasteiger partial charge in [0, 0.05) is 35.4 Å². The molecule has 0 saturated heterocycles. The van der Waals surface area contributed by atoms with Gasteiger partial charge in [0.1, 0.15) is 0 Å². The van der Waals surface area contributed by atoms with Crippen molar-refractivity contribution >= 4 is 29.3 Å². The second-order valence-corrected chi connectivity index (χ2v) is 8.15. The average Bonchev–Trinajstić information content (AvgIpc) is 2.74. The summed E-state index contributed by atoms with van der Waals surface area (Å²) >= 11 is 7.71. The Bertz CT molecular complexity index is 813. The van der Waals surface area contributed by atoms with E-state index in [1.807, 2.05) is 72.4 Å². The summed E-state index contributed by atoms with van der Waals surface area (Å²) in [4.78, 5) is 12.5. The molecule has 4 heteroatoms. The van der Waals surface area contributed by atoms with E-state index in [1.54, 1.807) is 0 Å². The molecule has 0 aromatic heterocycles. The Labute approximate surface area is 176 Å². The molecule has 0 atom stereocenters. The topological polar surface area (TPSA) is 29.1 Å².